The Hall–Kier alpha value is -0.650. The average molecular weight is 281 g/mol. The average Bonchev–Trinajstić information content (AvgIpc) is 2.46. The maximum atomic E-state index is 9.75. The molecule has 2 atom stereocenters. The van der Waals surface area contributed by atoms with E-state index in [-0.39, 0.29) is 12.1 Å². The van der Waals surface area contributed by atoms with Crippen LogP contribution in [0.3, 0.4) is 0 Å². The summed E-state index contributed by atoms with van der Waals surface area (Å²) in [6.45, 7) is 3.37. The first kappa shape index (κ1) is 14.8. The summed E-state index contributed by atoms with van der Waals surface area (Å²) in [5.74, 6) is 0. The van der Waals surface area contributed by atoms with Gasteiger partial charge in [-0.2, -0.15) is 0 Å². The molecule has 2 N–H and O–H groups in total. The van der Waals surface area contributed by atoms with Gasteiger partial charge in [0.15, 0.2) is 0 Å². The van der Waals surface area contributed by atoms with Gasteiger partial charge in [-0.05, 0) is 38.3 Å². The smallest absolute Gasteiger partial charge is 0.116 e. The maximum absolute atomic E-state index is 9.75. The van der Waals surface area contributed by atoms with Gasteiger partial charge >= 0.3 is 0 Å². The molecule has 0 radical (unpaired) electrons. The molecule has 0 bridgehead atoms. The summed E-state index contributed by atoms with van der Waals surface area (Å²) in [4.78, 5) is 8.22. The molecule has 0 aromatic carbocycles. The molecule has 0 amide bonds. The second-order valence-electron chi connectivity index (χ2n) is 5.25. The van der Waals surface area contributed by atoms with E-state index in [1.807, 2.05) is 17.8 Å². The van der Waals surface area contributed by atoms with Crippen LogP contribution < -0.4 is 5.32 Å². The Bertz CT molecular complexity index is 376. The largest absolute Gasteiger partial charge is 0.394 e. The SMILES string of the molecule is CCCNC1(CO)CCCC(Sc2ccncn2)C1. The van der Waals surface area contributed by atoms with Crippen molar-refractivity contribution in [2.24, 2.45) is 0 Å². The normalized spacial score (nSPS) is 27.4. The first-order valence-electron chi connectivity index (χ1n) is 7.06. The zero-order valence-electron chi connectivity index (χ0n) is 11.5. The number of aromatic nitrogens is 2. The lowest BCUT2D eigenvalue weighted by Crippen LogP contribution is -2.52. The lowest BCUT2D eigenvalue weighted by atomic mass is 9.82. The Labute approximate surface area is 119 Å². The van der Waals surface area contributed by atoms with Crippen molar-refractivity contribution in [3.8, 4) is 0 Å². The Kier molecular flexibility index (Phi) is 5.60. The molecule has 0 spiro atoms. The molecule has 19 heavy (non-hydrogen) atoms. The second-order valence-corrected chi connectivity index (χ2v) is 6.57. The highest BCUT2D eigenvalue weighted by molar-refractivity contribution is 7.99. The van der Waals surface area contributed by atoms with Crippen LogP contribution in [0.15, 0.2) is 23.6 Å². The van der Waals surface area contributed by atoms with E-state index in [9.17, 15) is 5.11 Å². The standard InChI is InChI=1S/C14H23N3OS/c1-2-7-17-14(10-18)6-3-4-12(9-14)19-13-5-8-15-11-16-13/h5,8,11-12,17-18H,2-4,6-7,9-10H2,1H3. The van der Waals surface area contributed by atoms with E-state index in [0.717, 1.165) is 30.8 Å². The van der Waals surface area contributed by atoms with E-state index in [1.54, 1.807) is 12.5 Å². The quantitative estimate of drug-likeness (QED) is 0.783. The molecule has 0 saturated heterocycles. The summed E-state index contributed by atoms with van der Waals surface area (Å²) in [7, 11) is 0. The van der Waals surface area contributed by atoms with Crippen molar-refractivity contribution < 1.29 is 5.11 Å². The summed E-state index contributed by atoms with van der Waals surface area (Å²) in [5, 5.41) is 14.9. The third-order valence-corrected chi connectivity index (χ3v) is 4.91. The van der Waals surface area contributed by atoms with E-state index in [4.69, 9.17) is 0 Å². The maximum Gasteiger partial charge on any atom is 0.116 e. The molecule has 1 heterocycles. The highest BCUT2D eigenvalue weighted by Gasteiger charge is 2.35. The molecule has 2 rings (SSSR count). The van der Waals surface area contributed by atoms with Gasteiger partial charge in [-0.1, -0.05) is 13.3 Å². The summed E-state index contributed by atoms with van der Waals surface area (Å²) >= 11 is 1.81. The van der Waals surface area contributed by atoms with E-state index in [1.165, 1.54) is 12.8 Å². The summed E-state index contributed by atoms with van der Waals surface area (Å²) in [6, 6.07) is 1.96. The predicted octanol–water partition coefficient (Wildman–Crippen LogP) is 2.24. The van der Waals surface area contributed by atoms with Crippen LogP contribution in [0, 0.1) is 0 Å². The van der Waals surface area contributed by atoms with E-state index >= 15 is 0 Å². The Balaban J connectivity index is 1.95. The van der Waals surface area contributed by atoms with Crippen LogP contribution in [-0.2, 0) is 0 Å². The van der Waals surface area contributed by atoms with Crippen LogP contribution in [0.2, 0.25) is 0 Å². The number of nitrogens with zero attached hydrogens (tertiary/aromatic N) is 2. The Morgan fingerprint density at radius 3 is 3.16 bits per heavy atom. The third-order valence-electron chi connectivity index (χ3n) is 3.69. The van der Waals surface area contributed by atoms with E-state index in [2.05, 4.69) is 22.2 Å². The fourth-order valence-corrected chi connectivity index (χ4v) is 3.95. The molecule has 5 heteroatoms. The van der Waals surface area contributed by atoms with Gasteiger partial charge in [-0.15, -0.1) is 11.8 Å². The number of aliphatic hydroxyl groups excluding tert-OH is 1. The van der Waals surface area contributed by atoms with Gasteiger partial charge in [-0.25, -0.2) is 9.97 Å². The Morgan fingerprint density at radius 1 is 1.58 bits per heavy atom. The topological polar surface area (TPSA) is 58.0 Å². The number of hydrogen-bond donors (Lipinski definition) is 2. The lowest BCUT2D eigenvalue weighted by molar-refractivity contribution is 0.124. The third kappa shape index (κ3) is 4.16. The van der Waals surface area contributed by atoms with Gasteiger partial charge in [0.25, 0.3) is 0 Å². The van der Waals surface area contributed by atoms with Gasteiger partial charge in [0, 0.05) is 17.0 Å². The first-order chi connectivity index (χ1) is 9.28. The van der Waals surface area contributed by atoms with Gasteiger partial charge in [0.05, 0.1) is 11.6 Å². The van der Waals surface area contributed by atoms with Crippen molar-refractivity contribution in [2.45, 2.75) is 54.8 Å². The van der Waals surface area contributed by atoms with Crippen molar-refractivity contribution in [2.75, 3.05) is 13.2 Å². The number of nitrogens with one attached hydrogen (secondary N) is 1. The molecule has 1 aromatic rings. The lowest BCUT2D eigenvalue weighted by Gasteiger charge is -2.40. The number of thioether (sulfide) groups is 1. The molecule has 1 aliphatic carbocycles. The minimum absolute atomic E-state index is 0.0844. The highest BCUT2D eigenvalue weighted by Crippen LogP contribution is 2.37. The molecule has 2 unspecified atom stereocenters. The summed E-state index contributed by atoms with van der Waals surface area (Å²) < 4.78 is 0. The molecule has 106 valence electrons. The van der Waals surface area contributed by atoms with Crippen molar-refractivity contribution >= 4 is 11.8 Å². The van der Waals surface area contributed by atoms with Crippen LogP contribution in [0.25, 0.3) is 0 Å². The van der Waals surface area contributed by atoms with Crippen LogP contribution in [-0.4, -0.2) is 39.0 Å². The van der Waals surface area contributed by atoms with Crippen molar-refractivity contribution in [1.29, 1.82) is 0 Å². The molecular formula is C14H23N3OS. The summed E-state index contributed by atoms with van der Waals surface area (Å²) in [5.41, 5.74) is -0.0844. The van der Waals surface area contributed by atoms with Crippen LogP contribution in [0.5, 0.6) is 0 Å². The molecule has 1 aliphatic rings. The van der Waals surface area contributed by atoms with E-state index in [0.29, 0.717) is 5.25 Å². The number of aliphatic hydroxyl groups is 1. The summed E-state index contributed by atoms with van der Waals surface area (Å²) in [6.07, 6.45) is 8.94. The molecule has 4 nitrogen and oxygen atoms in total. The van der Waals surface area contributed by atoms with Gasteiger partial charge in [0.1, 0.15) is 6.33 Å². The predicted molar refractivity (Wildman–Crippen MR) is 78.3 cm³/mol. The van der Waals surface area contributed by atoms with Crippen LogP contribution in [0.4, 0.5) is 0 Å². The monoisotopic (exact) mass is 281 g/mol. The van der Waals surface area contributed by atoms with Gasteiger partial charge in [0.2, 0.25) is 0 Å². The number of hydrogen-bond acceptors (Lipinski definition) is 5. The fraction of sp³-hybridized carbons (Fsp3) is 0.714. The van der Waals surface area contributed by atoms with Crippen LogP contribution >= 0.6 is 11.8 Å². The molecule has 1 aromatic heterocycles. The zero-order valence-corrected chi connectivity index (χ0v) is 12.3. The second kappa shape index (κ2) is 7.22. The molecule has 1 fully saturated rings. The Morgan fingerprint density at radius 2 is 2.47 bits per heavy atom. The number of rotatable bonds is 6. The molecule has 1 saturated carbocycles. The first-order valence-corrected chi connectivity index (χ1v) is 7.94. The van der Waals surface area contributed by atoms with Gasteiger partial charge in [-0.3, -0.25) is 0 Å². The van der Waals surface area contributed by atoms with Crippen molar-refractivity contribution in [3.05, 3.63) is 18.6 Å². The van der Waals surface area contributed by atoms with Crippen molar-refractivity contribution in [1.82, 2.24) is 15.3 Å². The fourth-order valence-electron chi connectivity index (χ4n) is 2.68. The minimum atomic E-state index is -0.0844. The van der Waals surface area contributed by atoms with Gasteiger partial charge < -0.3 is 10.4 Å². The highest BCUT2D eigenvalue weighted by atomic mass is 32.2. The molecular weight excluding hydrogens is 258 g/mol. The minimum Gasteiger partial charge on any atom is -0.394 e. The van der Waals surface area contributed by atoms with E-state index < -0.39 is 0 Å². The zero-order chi connectivity index (χ0) is 13.6. The van der Waals surface area contributed by atoms with Crippen LogP contribution in [0.1, 0.15) is 39.0 Å². The van der Waals surface area contributed by atoms with Crippen molar-refractivity contribution in [3.63, 3.8) is 0 Å². The molecule has 0 aliphatic heterocycles.